The number of aromatic nitrogens is 3. The van der Waals surface area contributed by atoms with Crippen molar-refractivity contribution in [3.05, 3.63) is 71.1 Å². The van der Waals surface area contributed by atoms with Crippen molar-refractivity contribution in [1.82, 2.24) is 15.0 Å². The third-order valence-electron chi connectivity index (χ3n) is 5.83. The molecule has 8 nitrogen and oxygen atoms in total. The molecule has 1 saturated heterocycles. The minimum atomic E-state index is -0.185. The van der Waals surface area contributed by atoms with E-state index in [1.54, 1.807) is 6.20 Å². The zero-order valence-electron chi connectivity index (χ0n) is 19.2. The summed E-state index contributed by atoms with van der Waals surface area (Å²) in [6.45, 7) is 6.23. The fourth-order valence-corrected chi connectivity index (χ4v) is 4.08. The number of nitrogens with one attached hydrogen (secondary N) is 3. The summed E-state index contributed by atoms with van der Waals surface area (Å²) in [5.41, 5.74) is 3.27. The van der Waals surface area contributed by atoms with Crippen LogP contribution in [0, 0.1) is 0 Å². The van der Waals surface area contributed by atoms with Crippen LogP contribution in [-0.4, -0.2) is 47.8 Å². The second-order valence-corrected chi connectivity index (χ2v) is 8.23. The van der Waals surface area contributed by atoms with E-state index >= 15 is 0 Å². The predicted octanol–water partition coefficient (Wildman–Crippen LogP) is 4.39. The first-order valence-corrected chi connectivity index (χ1v) is 11.6. The van der Waals surface area contributed by atoms with Crippen LogP contribution < -0.4 is 21.1 Å². The minimum Gasteiger partial charge on any atom is -0.378 e. The lowest BCUT2D eigenvalue weighted by Gasteiger charge is -2.28. The molecular weight excluding hydrogens is 428 g/mol. The Morgan fingerprint density at radius 3 is 2.65 bits per heavy atom. The molecule has 0 aliphatic carbocycles. The number of benzene rings is 1. The third-order valence-corrected chi connectivity index (χ3v) is 5.83. The molecule has 4 heterocycles. The number of ether oxygens (including phenoxy) is 1. The Morgan fingerprint density at radius 2 is 1.85 bits per heavy atom. The Balaban J connectivity index is 1.49. The number of fused-ring (bicyclic) bond motifs is 1. The first-order chi connectivity index (χ1) is 16.7. The van der Waals surface area contributed by atoms with E-state index in [0.717, 1.165) is 67.5 Å². The Hall–Kier alpha value is -3.91. The maximum atomic E-state index is 12.7. The van der Waals surface area contributed by atoms with Crippen LogP contribution in [0.1, 0.15) is 13.3 Å². The molecule has 4 aromatic rings. The molecule has 8 heteroatoms. The van der Waals surface area contributed by atoms with E-state index in [4.69, 9.17) is 14.7 Å². The van der Waals surface area contributed by atoms with Gasteiger partial charge in [0.1, 0.15) is 11.6 Å². The van der Waals surface area contributed by atoms with E-state index in [-0.39, 0.29) is 5.56 Å². The van der Waals surface area contributed by atoms with Crippen molar-refractivity contribution >= 4 is 33.8 Å². The largest absolute Gasteiger partial charge is 0.378 e. The number of hydrogen-bond acceptors (Lipinski definition) is 7. The molecule has 1 aromatic carbocycles. The molecule has 0 radical (unpaired) electrons. The van der Waals surface area contributed by atoms with E-state index in [1.165, 1.54) is 0 Å². The number of nitrogens with zero attached hydrogens (tertiary/aromatic N) is 3. The summed E-state index contributed by atoms with van der Waals surface area (Å²) in [4.78, 5) is 27.3. The van der Waals surface area contributed by atoms with Crippen LogP contribution in [0.2, 0.25) is 0 Å². The van der Waals surface area contributed by atoms with Crippen LogP contribution in [0.25, 0.3) is 22.2 Å². The van der Waals surface area contributed by atoms with Crippen LogP contribution in [0.3, 0.4) is 0 Å². The van der Waals surface area contributed by atoms with E-state index < -0.39 is 0 Å². The fourth-order valence-electron chi connectivity index (χ4n) is 4.08. The molecule has 3 aromatic heterocycles. The van der Waals surface area contributed by atoms with Gasteiger partial charge in [-0.1, -0.05) is 13.0 Å². The van der Waals surface area contributed by atoms with Gasteiger partial charge in [0.05, 0.1) is 30.0 Å². The lowest BCUT2D eigenvalue weighted by atomic mass is 10.1. The van der Waals surface area contributed by atoms with Crippen molar-refractivity contribution in [2.24, 2.45) is 0 Å². The topological polar surface area (TPSA) is 95.2 Å². The highest BCUT2D eigenvalue weighted by Crippen LogP contribution is 2.28. The fraction of sp³-hybridized carbons (Fsp3) is 0.269. The molecule has 0 amide bonds. The lowest BCUT2D eigenvalue weighted by molar-refractivity contribution is 0.122. The van der Waals surface area contributed by atoms with E-state index in [1.807, 2.05) is 42.5 Å². The van der Waals surface area contributed by atoms with Gasteiger partial charge < -0.3 is 25.3 Å². The summed E-state index contributed by atoms with van der Waals surface area (Å²) in [7, 11) is 0. The van der Waals surface area contributed by atoms with Gasteiger partial charge in [0, 0.05) is 37.2 Å². The third kappa shape index (κ3) is 4.72. The van der Waals surface area contributed by atoms with Crippen LogP contribution >= 0.6 is 0 Å². The zero-order valence-corrected chi connectivity index (χ0v) is 19.2. The van der Waals surface area contributed by atoms with Crippen LogP contribution in [0.5, 0.6) is 0 Å². The van der Waals surface area contributed by atoms with Gasteiger partial charge in [-0.05, 0) is 60.3 Å². The Kier molecular flexibility index (Phi) is 6.40. The predicted molar refractivity (Wildman–Crippen MR) is 137 cm³/mol. The second kappa shape index (κ2) is 9.93. The van der Waals surface area contributed by atoms with Gasteiger partial charge >= 0.3 is 0 Å². The van der Waals surface area contributed by atoms with Crippen molar-refractivity contribution in [2.45, 2.75) is 13.3 Å². The van der Waals surface area contributed by atoms with Gasteiger partial charge in [-0.25, -0.2) is 9.97 Å². The number of aromatic amines is 1. The number of H-pyrrole nitrogens is 1. The highest BCUT2D eigenvalue weighted by Gasteiger charge is 2.14. The molecule has 1 aliphatic heterocycles. The van der Waals surface area contributed by atoms with Crippen molar-refractivity contribution in [3.8, 4) is 11.4 Å². The summed E-state index contributed by atoms with van der Waals surface area (Å²) < 4.78 is 5.45. The summed E-state index contributed by atoms with van der Waals surface area (Å²) in [6, 6.07) is 17.8. The Bertz CT molecular complexity index is 1330. The number of pyridine rings is 3. The molecule has 174 valence electrons. The highest BCUT2D eigenvalue weighted by atomic mass is 16.5. The average molecular weight is 457 g/mol. The molecule has 1 aliphatic rings. The second-order valence-electron chi connectivity index (χ2n) is 8.23. The van der Waals surface area contributed by atoms with E-state index in [0.29, 0.717) is 16.9 Å². The molecule has 0 bridgehead atoms. The Labute approximate surface area is 198 Å². The monoisotopic (exact) mass is 456 g/mol. The summed E-state index contributed by atoms with van der Waals surface area (Å²) in [6.07, 6.45) is 2.67. The van der Waals surface area contributed by atoms with E-state index in [2.05, 4.69) is 39.6 Å². The molecule has 0 saturated carbocycles. The number of morpholine rings is 1. The highest BCUT2D eigenvalue weighted by molar-refractivity contribution is 5.95. The van der Waals surface area contributed by atoms with Crippen molar-refractivity contribution in [2.75, 3.05) is 48.4 Å². The van der Waals surface area contributed by atoms with E-state index in [9.17, 15) is 4.79 Å². The molecule has 3 N–H and O–H groups in total. The van der Waals surface area contributed by atoms with Crippen LogP contribution in [-0.2, 0) is 4.74 Å². The molecule has 1 fully saturated rings. The first kappa shape index (κ1) is 21.9. The quantitative estimate of drug-likeness (QED) is 0.380. The number of anilines is 4. The SMILES string of the molecule is CCCNc1cccc(-c2cc3cc[nH]c(=O)c3c(Nc3ccc(N4CCOCC4)cc3)n2)n1. The van der Waals surface area contributed by atoms with Crippen LogP contribution in [0.15, 0.2) is 65.6 Å². The van der Waals surface area contributed by atoms with Gasteiger partial charge in [0.25, 0.3) is 5.56 Å². The molecule has 5 rings (SSSR count). The normalized spacial score (nSPS) is 13.7. The summed E-state index contributed by atoms with van der Waals surface area (Å²) in [5.74, 6) is 1.31. The molecular formula is C26H28N6O2. The summed E-state index contributed by atoms with van der Waals surface area (Å²) >= 11 is 0. The van der Waals surface area contributed by atoms with Crippen molar-refractivity contribution in [3.63, 3.8) is 0 Å². The van der Waals surface area contributed by atoms with Gasteiger partial charge in [-0.3, -0.25) is 4.79 Å². The maximum absolute atomic E-state index is 12.7. The van der Waals surface area contributed by atoms with Gasteiger partial charge in [0.15, 0.2) is 0 Å². The maximum Gasteiger partial charge on any atom is 0.259 e. The van der Waals surface area contributed by atoms with Gasteiger partial charge in [-0.15, -0.1) is 0 Å². The van der Waals surface area contributed by atoms with Crippen molar-refractivity contribution < 1.29 is 4.74 Å². The molecule has 34 heavy (non-hydrogen) atoms. The molecule has 0 atom stereocenters. The zero-order chi connectivity index (χ0) is 23.3. The number of hydrogen-bond donors (Lipinski definition) is 3. The smallest absolute Gasteiger partial charge is 0.259 e. The van der Waals surface area contributed by atoms with Crippen LogP contribution in [0.4, 0.5) is 23.0 Å². The van der Waals surface area contributed by atoms with Gasteiger partial charge in [-0.2, -0.15) is 0 Å². The first-order valence-electron chi connectivity index (χ1n) is 11.6. The molecule has 0 spiro atoms. The standard InChI is InChI=1S/C26H28N6O2/c1-2-11-27-23-5-3-4-21(30-23)22-17-18-10-12-28-26(33)24(18)25(31-22)29-19-6-8-20(9-7-19)32-13-15-34-16-14-32/h3-10,12,17H,2,11,13-16H2,1H3,(H,27,30)(H,28,33)(H,29,31). The van der Waals surface area contributed by atoms with Crippen molar-refractivity contribution in [1.29, 1.82) is 0 Å². The lowest BCUT2D eigenvalue weighted by Crippen LogP contribution is -2.36. The average Bonchev–Trinajstić information content (AvgIpc) is 2.88. The Morgan fingerprint density at radius 1 is 1.03 bits per heavy atom. The number of rotatable bonds is 7. The summed E-state index contributed by atoms with van der Waals surface area (Å²) in [5, 5.41) is 7.99. The molecule has 0 unspecified atom stereocenters. The minimum absolute atomic E-state index is 0.185. The van der Waals surface area contributed by atoms with Gasteiger partial charge in [0.2, 0.25) is 0 Å².